The molecule has 2 aliphatic rings. The monoisotopic (exact) mass is 472 g/mol. The van der Waals surface area contributed by atoms with Crippen LogP contribution in [0.15, 0.2) is 41.3 Å². The van der Waals surface area contributed by atoms with Crippen molar-refractivity contribution in [1.29, 1.82) is 0 Å². The first-order valence-corrected chi connectivity index (χ1v) is 13.1. The maximum Gasteiger partial charge on any atom is 0.416 e. The highest BCUT2D eigenvalue weighted by molar-refractivity contribution is 7.89. The minimum atomic E-state index is -4.48. The molecule has 32 heavy (non-hydrogen) atoms. The third-order valence-electron chi connectivity index (χ3n) is 6.85. The molecule has 3 rings (SSSR count). The fourth-order valence-electron chi connectivity index (χ4n) is 4.69. The third kappa shape index (κ3) is 7.06. The van der Waals surface area contributed by atoms with Crippen molar-refractivity contribution in [3.63, 3.8) is 0 Å². The van der Waals surface area contributed by atoms with Crippen molar-refractivity contribution in [2.75, 3.05) is 33.2 Å². The summed E-state index contributed by atoms with van der Waals surface area (Å²) in [5, 5.41) is 0. The average molecular weight is 473 g/mol. The molecule has 0 N–H and O–H groups in total. The van der Waals surface area contributed by atoms with Crippen LogP contribution < -0.4 is 0 Å². The van der Waals surface area contributed by atoms with E-state index in [2.05, 4.69) is 17.1 Å². The maximum atomic E-state index is 12.7. The zero-order valence-electron chi connectivity index (χ0n) is 18.9. The topological polar surface area (TPSA) is 40.6 Å². The van der Waals surface area contributed by atoms with Gasteiger partial charge in [0.25, 0.3) is 0 Å². The second-order valence-corrected chi connectivity index (χ2v) is 11.3. The van der Waals surface area contributed by atoms with Gasteiger partial charge < -0.3 is 0 Å². The fourth-order valence-corrected chi connectivity index (χ4v) is 5.88. The first kappa shape index (κ1) is 25.2. The van der Waals surface area contributed by atoms with Gasteiger partial charge in [-0.2, -0.15) is 13.2 Å². The largest absolute Gasteiger partial charge is 0.416 e. The van der Waals surface area contributed by atoms with E-state index in [-0.39, 0.29) is 4.90 Å². The molecule has 0 atom stereocenters. The number of allylic oxidation sites excluding steroid dienone is 1. The Morgan fingerprint density at radius 2 is 1.66 bits per heavy atom. The van der Waals surface area contributed by atoms with Crippen LogP contribution in [-0.2, 0) is 16.2 Å². The first-order valence-electron chi connectivity index (χ1n) is 11.7. The van der Waals surface area contributed by atoms with E-state index in [0.717, 1.165) is 62.9 Å². The molecule has 1 saturated heterocycles. The quantitative estimate of drug-likeness (QED) is 0.465. The number of likely N-dealkylation sites (tertiary alicyclic amines) is 1. The highest BCUT2D eigenvalue weighted by atomic mass is 32.2. The van der Waals surface area contributed by atoms with Crippen molar-refractivity contribution in [2.45, 2.75) is 62.4 Å². The summed E-state index contributed by atoms with van der Waals surface area (Å²) in [6, 6.07) is 3.72. The van der Waals surface area contributed by atoms with Gasteiger partial charge in [0.05, 0.1) is 10.5 Å². The van der Waals surface area contributed by atoms with Crippen LogP contribution in [0.3, 0.4) is 0 Å². The lowest BCUT2D eigenvalue weighted by Gasteiger charge is -2.29. The molecular formula is C24H35F3N2O2S. The first-order chi connectivity index (χ1) is 15.2. The highest BCUT2D eigenvalue weighted by Gasteiger charge is 2.31. The molecule has 1 aromatic carbocycles. The highest BCUT2D eigenvalue weighted by Crippen LogP contribution is 2.33. The summed E-state index contributed by atoms with van der Waals surface area (Å²) >= 11 is 0. The Bertz CT molecular complexity index is 839. The van der Waals surface area contributed by atoms with E-state index < -0.39 is 21.8 Å². The Balaban J connectivity index is 1.41. The van der Waals surface area contributed by atoms with Crippen molar-refractivity contribution in [3.8, 4) is 0 Å². The van der Waals surface area contributed by atoms with Crippen LogP contribution in [0.25, 0.3) is 0 Å². The Morgan fingerprint density at radius 3 is 2.25 bits per heavy atom. The van der Waals surface area contributed by atoms with E-state index in [1.165, 1.54) is 43.7 Å². The lowest BCUT2D eigenvalue weighted by atomic mass is 9.80. The van der Waals surface area contributed by atoms with Crippen molar-refractivity contribution in [3.05, 3.63) is 42.0 Å². The average Bonchev–Trinajstić information content (AvgIpc) is 2.78. The predicted octanol–water partition coefficient (Wildman–Crippen LogP) is 5.56. The minimum Gasteiger partial charge on any atom is -0.300 e. The van der Waals surface area contributed by atoms with E-state index in [0.29, 0.717) is 18.4 Å². The molecule has 1 aromatic rings. The SMILES string of the molecule is CN(CC[C@H]1CC[C@H](/C=C/CN2CCCCC2)CC1)S(=O)(=O)c1ccc(C(F)(F)F)cc1. The number of hydrogen-bond donors (Lipinski definition) is 0. The Labute approximate surface area is 190 Å². The van der Waals surface area contributed by atoms with Crippen molar-refractivity contribution >= 4 is 10.0 Å². The molecular weight excluding hydrogens is 437 g/mol. The Hall–Kier alpha value is -1.38. The van der Waals surface area contributed by atoms with Gasteiger partial charge >= 0.3 is 6.18 Å². The summed E-state index contributed by atoms with van der Waals surface area (Å²) in [5.41, 5.74) is -0.846. The molecule has 4 nitrogen and oxygen atoms in total. The number of hydrogen-bond acceptors (Lipinski definition) is 3. The molecule has 0 unspecified atom stereocenters. The fraction of sp³-hybridized carbons (Fsp3) is 0.667. The van der Waals surface area contributed by atoms with Crippen molar-refractivity contribution in [2.24, 2.45) is 11.8 Å². The van der Waals surface area contributed by atoms with Gasteiger partial charge in [0.2, 0.25) is 10.0 Å². The number of piperidine rings is 1. The summed E-state index contributed by atoms with van der Waals surface area (Å²) in [6.45, 7) is 3.84. The summed E-state index contributed by atoms with van der Waals surface area (Å²) in [5.74, 6) is 1.11. The summed E-state index contributed by atoms with van der Waals surface area (Å²) in [6.07, 6.45) is 9.41. The summed E-state index contributed by atoms with van der Waals surface area (Å²) < 4.78 is 64.8. The predicted molar refractivity (Wildman–Crippen MR) is 121 cm³/mol. The van der Waals surface area contributed by atoms with Crippen LogP contribution in [-0.4, -0.2) is 50.8 Å². The molecule has 0 radical (unpaired) electrons. The standard InChI is InChI=1S/C24H35F3N2O2S/c1-28(32(30,31)23-13-11-22(12-14-23)24(25,26)27)19-15-21-9-7-20(8-10-21)6-5-18-29-16-3-2-4-17-29/h5-6,11-14,20-21H,2-4,7-10,15-19H2,1H3/b6-5+/t20-,21-. The molecule has 0 amide bonds. The van der Waals surface area contributed by atoms with Crippen LogP contribution in [0.5, 0.6) is 0 Å². The second kappa shape index (κ2) is 11.2. The smallest absolute Gasteiger partial charge is 0.300 e. The van der Waals surface area contributed by atoms with Crippen LogP contribution in [0.2, 0.25) is 0 Å². The van der Waals surface area contributed by atoms with Crippen molar-refractivity contribution < 1.29 is 21.6 Å². The van der Waals surface area contributed by atoms with Crippen LogP contribution in [0.4, 0.5) is 13.2 Å². The van der Waals surface area contributed by atoms with Crippen molar-refractivity contribution in [1.82, 2.24) is 9.21 Å². The summed E-state index contributed by atoms with van der Waals surface area (Å²) in [7, 11) is -2.28. The van der Waals surface area contributed by atoms with Crippen LogP contribution in [0.1, 0.15) is 56.9 Å². The van der Waals surface area contributed by atoms with Gasteiger partial charge in [-0.05, 0) is 94.1 Å². The molecule has 180 valence electrons. The molecule has 1 aliphatic carbocycles. The lowest BCUT2D eigenvalue weighted by molar-refractivity contribution is -0.137. The molecule has 2 fully saturated rings. The number of nitrogens with zero attached hydrogens (tertiary/aromatic N) is 2. The van der Waals surface area contributed by atoms with Crippen LogP contribution in [0, 0.1) is 11.8 Å². The van der Waals surface area contributed by atoms with E-state index in [1.807, 2.05) is 0 Å². The normalized spacial score (nSPS) is 23.8. The number of halogens is 3. The number of benzene rings is 1. The van der Waals surface area contributed by atoms with Gasteiger partial charge in [0.15, 0.2) is 0 Å². The van der Waals surface area contributed by atoms with Gasteiger partial charge in [-0.15, -0.1) is 0 Å². The molecule has 0 bridgehead atoms. The lowest BCUT2D eigenvalue weighted by Crippen LogP contribution is -2.30. The van der Waals surface area contributed by atoms with E-state index in [1.54, 1.807) is 0 Å². The molecule has 0 spiro atoms. The third-order valence-corrected chi connectivity index (χ3v) is 8.73. The molecule has 1 heterocycles. The van der Waals surface area contributed by atoms with E-state index in [9.17, 15) is 21.6 Å². The van der Waals surface area contributed by atoms with Gasteiger partial charge in [-0.1, -0.05) is 18.6 Å². The van der Waals surface area contributed by atoms with E-state index in [4.69, 9.17) is 0 Å². The molecule has 1 aliphatic heterocycles. The zero-order valence-corrected chi connectivity index (χ0v) is 19.7. The Kier molecular flexibility index (Phi) is 8.81. The number of rotatable bonds is 8. The molecule has 8 heteroatoms. The Morgan fingerprint density at radius 1 is 1.03 bits per heavy atom. The van der Waals surface area contributed by atoms with Gasteiger partial charge in [-0.25, -0.2) is 12.7 Å². The zero-order chi connectivity index (χ0) is 23.2. The summed E-state index contributed by atoms with van der Waals surface area (Å²) in [4.78, 5) is 2.41. The van der Waals surface area contributed by atoms with Gasteiger partial charge in [0, 0.05) is 20.1 Å². The number of alkyl halides is 3. The second-order valence-electron chi connectivity index (χ2n) is 9.21. The van der Waals surface area contributed by atoms with Gasteiger partial charge in [-0.3, -0.25) is 4.90 Å². The van der Waals surface area contributed by atoms with Gasteiger partial charge in [0.1, 0.15) is 0 Å². The maximum absolute atomic E-state index is 12.7. The van der Waals surface area contributed by atoms with Crippen LogP contribution >= 0.6 is 0 Å². The molecule has 0 aromatic heterocycles. The molecule has 1 saturated carbocycles. The number of sulfonamides is 1. The minimum absolute atomic E-state index is 0.101. The van der Waals surface area contributed by atoms with E-state index >= 15 is 0 Å².